The highest BCUT2D eigenvalue weighted by Crippen LogP contribution is 2.28. The number of hydrogen-bond donors (Lipinski definition) is 2. The number of thiophene rings is 1. The number of aliphatic hydroxyl groups is 1. The summed E-state index contributed by atoms with van der Waals surface area (Å²) in [6, 6.07) is 8.15. The molecule has 0 aliphatic carbocycles. The number of benzene rings is 1. The summed E-state index contributed by atoms with van der Waals surface area (Å²) in [7, 11) is -3.70. The molecule has 0 aliphatic rings. The molecule has 0 saturated heterocycles. The molecule has 0 atom stereocenters. The van der Waals surface area contributed by atoms with Gasteiger partial charge in [0.1, 0.15) is 10.8 Å². The van der Waals surface area contributed by atoms with E-state index in [0.717, 1.165) is 16.9 Å². The van der Waals surface area contributed by atoms with Crippen molar-refractivity contribution in [2.75, 3.05) is 11.3 Å². The van der Waals surface area contributed by atoms with Crippen LogP contribution in [-0.2, 0) is 10.0 Å². The molecular weight excluding hydrogens is 330 g/mol. The van der Waals surface area contributed by atoms with Gasteiger partial charge in [-0.3, -0.25) is 4.72 Å². The van der Waals surface area contributed by atoms with Crippen LogP contribution in [0.15, 0.2) is 34.5 Å². The van der Waals surface area contributed by atoms with Crippen LogP contribution in [0.25, 0.3) is 0 Å². The van der Waals surface area contributed by atoms with Gasteiger partial charge >= 0.3 is 0 Å². The molecule has 0 unspecified atom stereocenters. The highest BCUT2D eigenvalue weighted by Gasteiger charge is 2.18. The summed E-state index contributed by atoms with van der Waals surface area (Å²) in [5, 5.41) is 8.78. The molecule has 0 amide bonds. The molecule has 1 aromatic heterocycles. The Morgan fingerprint density at radius 1 is 1.33 bits per heavy atom. The smallest absolute Gasteiger partial charge is 0.271 e. The average Bonchev–Trinajstić information content (AvgIpc) is 2.86. The topological polar surface area (TPSA) is 66.4 Å². The van der Waals surface area contributed by atoms with Crippen LogP contribution in [0.2, 0.25) is 4.34 Å². The molecule has 0 radical (unpaired) electrons. The zero-order valence-corrected chi connectivity index (χ0v) is 13.4. The highest BCUT2D eigenvalue weighted by atomic mass is 35.5. The van der Waals surface area contributed by atoms with E-state index in [4.69, 9.17) is 16.7 Å². The number of aliphatic hydroxyl groups excluding tert-OH is 1. The van der Waals surface area contributed by atoms with Crippen molar-refractivity contribution < 1.29 is 13.5 Å². The van der Waals surface area contributed by atoms with Gasteiger partial charge in [-0.15, -0.1) is 11.3 Å². The monoisotopic (exact) mass is 341 g/mol. The Kier molecular flexibility index (Phi) is 4.91. The predicted molar refractivity (Wildman–Crippen MR) is 85.3 cm³/mol. The van der Waals surface area contributed by atoms with E-state index >= 15 is 0 Å². The lowest BCUT2D eigenvalue weighted by Crippen LogP contribution is -2.12. The Morgan fingerprint density at radius 3 is 2.71 bits per heavy atom. The lowest BCUT2D eigenvalue weighted by atomic mass is 10.1. The van der Waals surface area contributed by atoms with E-state index in [1.807, 2.05) is 6.92 Å². The van der Waals surface area contributed by atoms with Crippen LogP contribution in [0.4, 0.5) is 5.69 Å². The van der Waals surface area contributed by atoms with E-state index in [-0.39, 0.29) is 10.8 Å². The van der Waals surface area contributed by atoms with Crippen LogP contribution < -0.4 is 4.72 Å². The number of aryl methyl sites for hydroxylation is 1. The molecule has 0 bridgehead atoms. The van der Waals surface area contributed by atoms with Crippen LogP contribution in [-0.4, -0.2) is 20.1 Å². The summed E-state index contributed by atoms with van der Waals surface area (Å²) in [5.41, 5.74) is 1.82. The van der Waals surface area contributed by atoms with Crippen LogP contribution >= 0.6 is 22.9 Å². The van der Waals surface area contributed by atoms with Crippen LogP contribution in [0.3, 0.4) is 0 Å². The van der Waals surface area contributed by atoms with Gasteiger partial charge in [-0.1, -0.05) is 29.5 Å². The summed E-state index contributed by atoms with van der Waals surface area (Å²) in [6.07, 6.45) is 0. The summed E-state index contributed by atoms with van der Waals surface area (Å²) < 4.78 is 27.6. The number of nitrogens with one attached hydrogen (secondary N) is 1. The maximum absolute atomic E-state index is 12.3. The van der Waals surface area contributed by atoms with Crippen molar-refractivity contribution in [1.29, 1.82) is 0 Å². The predicted octanol–water partition coefficient (Wildman–Crippen LogP) is 2.85. The molecule has 0 aliphatic heterocycles. The fourth-order valence-electron chi connectivity index (χ4n) is 1.62. The van der Waals surface area contributed by atoms with Gasteiger partial charge in [0.05, 0.1) is 10.0 Å². The third-order valence-electron chi connectivity index (χ3n) is 2.53. The van der Waals surface area contributed by atoms with Gasteiger partial charge in [-0.2, -0.15) is 0 Å². The standard InChI is InChI=1S/C14H12ClNO3S2/c1-10-4-5-12(11(9-10)3-2-8-17)16-21(18,19)14-7-6-13(15)20-14/h4-7,9,16-17H,8H2,1H3. The Bertz CT molecular complexity index is 816. The minimum Gasteiger partial charge on any atom is -0.384 e. The van der Waals surface area contributed by atoms with E-state index in [9.17, 15) is 8.42 Å². The first-order chi connectivity index (χ1) is 9.92. The van der Waals surface area contributed by atoms with Crippen molar-refractivity contribution in [3.05, 3.63) is 45.8 Å². The minimum absolute atomic E-state index is 0.133. The fraction of sp³-hybridized carbons (Fsp3) is 0.143. The van der Waals surface area contributed by atoms with Crippen molar-refractivity contribution in [3.63, 3.8) is 0 Å². The lowest BCUT2D eigenvalue weighted by molar-refractivity contribution is 0.350. The summed E-state index contributed by atoms with van der Waals surface area (Å²) >= 11 is 6.75. The van der Waals surface area contributed by atoms with Gasteiger partial charge in [0.2, 0.25) is 0 Å². The van der Waals surface area contributed by atoms with Crippen molar-refractivity contribution in [1.82, 2.24) is 0 Å². The van der Waals surface area contributed by atoms with Gasteiger partial charge in [-0.05, 0) is 36.8 Å². The van der Waals surface area contributed by atoms with E-state index in [0.29, 0.717) is 15.6 Å². The average molecular weight is 342 g/mol. The largest absolute Gasteiger partial charge is 0.384 e. The Balaban J connectivity index is 2.39. The first-order valence-electron chi connectivity index (χ1n) is 5.91. The minimum atomic E-state index is -3.70. The number of sulfonamides is 1. The number of hydrogen-bond acceptors (Lipinski definition) is 4. The molecule has 0 saturated carbocycles. The molecule has 0 fully saturated rings. The lowest BCUT2D eigenvalue weighted by Gasteiger charge is -2.09. The van der Waals surface area contributed by atoms with Crippen molar-refractivity contribution >= 4 is 38.6 Å². The molecule has 0 spiro atoms. The van der Waals surface area contributed by atoms with E-state index in [2.05, 4.69) is 16.6 Å². The first-order valence-corrected chi connectivity index (χ1v) is 8.58. The van der Waals surface area contributed by atoms with Gasteiger partial charge in [-0.25, -0.2) is 8.42 Å². The van der Waals surface area contributed by atoms with E-state index in [1.165, 1.54) is 12.1 Å². The van der Waals surface area contributed by atoms with Gasteiger partial charge in [0.25, 0.3) is 10.0 Å². The first kappa shape index (κ1) is 15.9. The quantitative estimate of drug-likeness (QED) is 0.844. The molecule has 1 aromatic carbocycles. The zero-order valence-electron chi connectivity index (χ0n) is 11.1. The Morgan fingerprint density at radius 2 is 2.10 bits per heavy atom. The van der Waals surface area contributed by atoms with Crippen molar-refractivity contribution in [2.24, 2.45) is 0 Å². The SMILES string of the molecule is Cc1ccc(NS(=O)(=O)c2ccc(Cl)s2)c(C#CCO)c1. The van der Waals surface area contributed by atoms with Gasteiger partial charge in [0, 0.05) is 5.56 Å². The summed E-state index contributed by atoms with van der Waals surface area (Å²) in [5.74, 6) is 5.25. The summed E-state index contributed by atoms with van der Waals surface area (Å²) in [6.45, 7) is 1.59. The zero-order chi connectivity index (χ0) is 15.5. The molecule has 2 rings (SSSR count). The normalized spacial score (nSPS) is 10.8. The fourth-order valence-corrected chi connectivity index (χ4v) is 4.18. The second-order valence-corrected chi connectivity index (χ2v) is 7.80. The molecule has 21 heavy (non-hydrogen) atoms. The molecule has 2 aromatic rings. The maximum Gasteiger partial charge on any atom is 0.271 e. The van der Waals surface area contributed by atoms with E-state index < -0.39 is 10.0 Å². The number of anilines is 1. The third kappa shape index (κ3) is 3.99. The van der Waals surface area contributed by atoms with Gasteiger partial charge < -0.3 is 5.11 Å². The maximum atomic E-state index is 12.3. The molecule has 110 valence electrons. The Labute approximate surface area is 132 Å². The molecular formula is C14H12ClNO3S2. The van der Waals surface area contributed by atoms with Crippen molar-refractivity contribution in [2.45, 2.75) is 11.1 Å². The molecule has 2 N–H and O–H groups in total. The number of rotatable bonds is 3. The van der Waals surface area contributed by atoms with E-state index in [1.54, 1.807) is 18.2 Å². The summed E-state index contributed by atoms with van der Waals surface area (Å²) in [4.78, 5) is 0. The van der Waals surface area contributed by atoms with Crippen LogP contribution in [0, 0.1) is 18.8 Å². The van der Waals surface area contributed by atoms with Crippen LogP contribution in [0.1, 0.15) is 11.1 Å². The van der Waals surface area contributed by atoms with Crippen LogP contribution in [0.5, 0.6) is 0 Å². The number of halogens is 1. The molecule has 1 heterocycles. The molecule has 7 heteroatoms. The second kappa shape index (κ2) is 6.50. The second-order valence-electron chi connectivity index (χ2n) is 4.17. The third-order valence-corrected chi connectivity index (χ3v) is 5.62. The molecule has 4 nitrogen and oxygen atoms in total. The van der Waals surface area contributed by atoms with Crippen molar-refractivity contribution in [3.8, 4) is 11.8 Å². The Hall–Kier alpha value is -1.52. The highest BCUT2D eigenvalue weighted by molar-refractivity contribution is 7.94. The van der Waals surface area contributed by atoms with Gasteiger partial charge in [0.15, 0.2) is 0 Å².